The van der Waals surface area contributed by atoms with Crippen LogP contribution in [-0.4, -0.2) is 172 Å². The summed E-state index contributed by atoms with van der Waals surface area (Å²) in [6.07, 6.45) is -25.5. The Bertz CT molecular complexity index is 1780. The first-order chi connectivity index (χ1) is 25.2. The first-order valence-corrected chi connectivity index (χ1v) is 16.4. The molecule has 15 atom stereocenters. The van der Waals surface area contributed by atoms with Gasteiger partial charge in [0.25, 0.3) is 0 Å². The lowest BCUT2D eigenvalue weighted by Gasteiger charge is -2.46. The molecular formula is C33H40O20. The van der Waals surface area contributed by atoms with Gasteiger partial charge in [-0.15, -0.1) is 0 Å². The van der Waals surface area contributed by atoms with E-state index in [0.717, 1.165) is 12.1 Å². The number of aliphatic hydroxyl groups excluding tert-OH is 11. The summed E-state index contributed by atoms with van der Waals surface area (Å²) < 4.78 is 33.5. The van der Waals surface area contributed by atoms with Crippen molar-refractivity contribution in [3.8, 4) is 28.6 Å². The third kappa shape index (κ3) is 7.21. The summed E-state index contributed by atoms with van der Waals surface area (Å²) in [6.45, 7) is -2.35. The molecule has 0 spiro atoms. The van der Waals surface area contributed by atoms with Crippen LogP contribution in [0.5, 0.6) is 17.2 Å². The molecule has 0 aliphatic carbocycles. The highest BCUT2D eigenvalue weighted by Crippen LogP contribution is 2.46. The van der Waals surface area contributed by atoms with E-state index >= 15 is 0 Å². The van der Waals surface area contributed by atoms with Gasteiger partial charge < -0.3 is 94.5 Å². The Hall–Kier alpha value is -3.55. The molecule has 53 heavy (non-hydrogen) atoms. The van der Waals surface area contributed by atoms with Gasteiger partial charge in [0.05, 0.1) is 25.4 Å². The molecule has 3 aromatic rings. The van der Waals surface area contributed by atoms with Crippen molar-refractivity contribution >= 4 is 11.0 Å². The van der Waals surface area contributed by atoms with Crippen LogP contribution in [0.25, 0.3) is 22.3 Å². The van der Waals surface area contributed by atoms with E-state index in [-0.39, 0.29) is 17.1 Å². The molecule has 0 radical (unpaired) electrons. The Morgan fingerprint density at radius 3 is 1.74 bits per heavy atom. The molecule has 6 rings (SSSR count). The molecule has 292 valence electrons. The van der Waals surface area contributed by atoms with Gasteiger partial charge >= 0.3 is 0 Å². The van der Waals surface area contributed by atoms with Crippen LogP contribution in [0.3, 0.4) is 0 Å². The van der Waals surface area contributed by atoms with Gasteiger partial charge in [-0.1, -0.05) is 0 Å². The largest absolute Gasteiger partial charge is 0.507 e. The standard InChI is InChI=1S/C33H40O20/c34-7-16-23(41)27(45)31(53-33-29(47)26(44)22(40)18(9-36)52-33)30(50-16)20-13(38)6-15-19(24(20)42)12(37)5-14(49-15)10-1-3-11(4-2-10)48-32-28(46)25(43)21(39)17(8-35)51-32/h1-6,16-18,21-23,25-36,38-47H,7-9H2. The van der Waals surface area contributed by atoms with Gasteiger partial charge in [0.1, 0.15) is 113 Å². The van der Waals surface area contributed by atoms with Crippen molar-refractivity contribution in [2.45, 2.75) is 91.9 Å². The Morgan fingerprint density at radius 1 is 0.623 bits per heavy atom. The number of fused-ring (bicyclic) bond motifs is 1. The number of aliphatic hydroxyl groups is 11. The Balaban J connectivity index is 1.30. The number of rotatable bonds is 9. The Labute approximate surface area is 298 Å². The van der Waals surface area contributed by atoms with E-state index in [2.05, 4.69) is 0 Å². The molecule has 13 N–H and O–H groups in total. The molecular weight excluding hydrogens is 716 g/mol. The van der Waals surface area contributed by atoms with Crippen LogP contribution >= 0.6 is 0 Å². The Kier molecular flexibility index (Phi) is 11.6. The topological polar surface area (TPSA) is 339 Å². The molecule has 3 aliphatic rings. The second kappa shape index (κ2) is 15.7. The van der Waals surface area contributed by atoms with E-state index in [1.807, 2.05) is 0 Å². The van der Waals surface area contributed by atoms with Crippen molar-refractivity contribution < 1.29 is 94.5 Å². The number of phenolic OH excluding ortho intramolecular Hbond substituents is 2. The smallest absolute Gasteiger partial charge is 0.229 e. The predicted octanol–water partition coefficient (Wildman–Crippen LogP) is -4.61. The minimum atomic E-state index is -1.97. The number of benzene rings is 2. The molecule has 3 fully saturated rings. The van der Waals surface area contributed by atoms with Crippen molar-refractivity contribution in [1.82, 2.24) is 0 Å². The summed E-state index contributed by atoms with van der Waals surface area (Å²) in [6, 6.07) is 7.63. The lowest BCUT2D eigenvalue weighted by atomic mass is 9.89. The predicted molar refractivity (Wildman–Crippen MR) is 171 cm³/mol. The maximum absolute atomic E-state index is 13.5. The number of aromatic hydroxyl groups is 2. The lowest BCUT2D eigenvalue weighted by Crippen LogP contribution is -2.62. The van der Waals surface area contributed by atoms with Crippen molar-refractivity contribution in [1.29, 1.82) is 0 Å². The monoisotopic (exact) mass is 756 g/mol. The fourth-order valence-electron chi connectivity index (χ4n) is 6.53. The minimum absolute atomic E-state index is 0.0509. The highest BCUT2D eigenvalue weighted by atomic mass is 16.7. The zero-order valence-electron chi connectivity index (χ0n) is 27.4. The van der Waals surface area contributed by atoms with E-state index < -0.39 is 140 Å². The molecule has 0 amide bonds. The number of phenols is 2. The number of ether oxygens (including phenoxy) is 5. The van der Waals surface area contributed by atoms with Crippen LogP contribution in [0.15, 0.2) is 45.6 Å². The van der Waals surface area contributed by atoms with Crippen molar-refractivity contribution in [3.05, 3.63) is 52.2 Å². The van der Waals surface area contributed by atoms with E-state index in [4.69, 9.17) is 28.1 Å². The van der Waals surface area contributed by atoms with E-state index in [1.54, 1.807) is 0 Å². The van der Waals surface area contributed by atoms with Gasteiger partial charge in [0, 0.05) is 17.7 Å². The second-order valence-corrected chi connectivity index (χ2v) is 12.9. The molecule has 0 bridgehead atoms. The van der Waals surface area contributed by atoms with Gasteiger partial charge in [0.2, 0.25) is 6.29 Å². The second-order valence-electron chi connectivity index (χ2n) is 12.9. The van der Waals surface area contributed by atoms with Crippen LogP contribution in [0.4, 0.5) is 0 Å². The van der Waals surface area contributed by atoms with Crippen molar-refractivity contribution in [2.75, 3.05) is 19.8 Å². The first kappa shape index (κ1) is 39.2. The van der Waals surface area contributed by atoms with E-state index in [0.29, 0.717) is 5.56 Å². The maximum atomic E-state index is 13.5. The Morgan fingerprint density at radius 2 is 1.15 bits per heavy atom. The van der Waals surface area contributed by atoms with Gasteiger partial charge in [-0.25, -0.2) is 0 Å². The van der Waals surface area contributed by atoms with E-state index in [1.165, 1.54) is 24.3 Å². The normalized spacial score (nSPS) is 37.8. The van der Waals surface area contributed by atoms with Gasteiger partial charge in [0.15, 0.2) is 11.7 Å². The van der Waals surface area contributed by atoms with Crippen molar-refractivity contribution in [2.24, 2.45) is 0 Å². The zero-order chi connectivity index (χ0) is 38.5. The third-order valence-corrected chi connectivity index (χ3v) is 9.54. The lowest BCUT2D eigenvalue weighted by molar-refractivity contribution is -0.342. The average molecular weight is 757 g/mol. The fraction of sp³-hybridized carbons (Fsp3) is 0.545. The van der Waals surface area contributed by atoms with E-state index in [9.17, 15) is 71.2 Å². The summed E-state index contributed by atoms with van der Waals surface area (Å²) in [7, 11) is 0. The summed E-state index contributed by atoms with van der Waals surface area (Å²) in [5, 5.41) is 134. The maximum Gasteiger partial charge on any atom is 0.229 e. The number of hydrogen-bond donors (Lipinski definition) is 13. The van der Waals surface area contributed by atoms with Crippen LogP contribution in [0.2, 0.25) is 0 Å². The molecule has 1 aromatic heterocycles. The quantitative estimate of drug-likeness (QED) is 0.0976. The van der Waals surface area contributed by atoms with Gasteiger partial charge in [-0.3, -0.25) is 4.79 Å². The summed E-state index contributed by atoms with van der Waals surface area (Å²) >= 11 is 0. The van der Waals surface area contributed by atoms with Crippen LogP contribution in [0.1, 0.15) is 11.7 Å². The van der Waals surface area contributed by atoms with Crippen molar-refractivity contribution in [3.63, 3.8) is 0 Å². The summed E-state index contributed by atoms with van der Waals surface area (Å²) in [5.41, 5.74) is -1.43. The molecule has 20 nitrogen and oxygen atoms in total. The number of hydrogen-bond acceptors (Lipinski definition) is 20. The molecule has 0 saturated carbocycles. The highest BCUT2D eigenvalue weighted by Gasteiger charge is 2.52. The third-order valence-electron chi connectivity index (χ3n) is 9.54. The molecule has 3 aliphatic heterocycles. The van der Waals surface area contributed by atoms with Crippen LogP contribution < -0.4 is 10.2 Å². The highest BCUT2D eigenvalue weighted by molar-refractivity contribution is 5.88. The zero-order valence-corrected chi connectivity index (χ0v) is 27.4. The fourth-order valence-corrected chi connectivity index (χ4v) is 6.53. The SMILES string of the molecule is O=c1cc(-c2ccc(OC3OC(CO)C(O)C(O)C3O)cc2)oc2cc(O)c(C3OC(CO)C(O)C(O)C3OC3OC(CO)C(O)C(O)C3O)c(O)c12. The molecule has 15 unspecified atom stereocenters. The summed E-state index contributed by atoms with van der Waals surface area (Å²) in [5.74, 6) is -1.62. The van der Waals surface area contributed by atoms with Crippen LogP contribution in [-0.2, 0) is 18.9 Å². The molecule has 20 heteroatoms. The summed E-state index contributed by atoms with van der Waals surface area (Å²) in [4.78, 5) is 13.5. The molecule has 3 saturated heterocycles. The van der Waals surface area contributed by atoms with Crippen LogP contribution in [0, 0.1) is 0 Å². The first-order valence-electron chi connectivity index (χ1n) is 16.4. The molecule has 4 heterocycles. The minimum Gasteiger partial charge on any atom is -0.507 e. The van der Waals surface area contributed by atoms with Gasteiger partial charge in [-0.05, 0) is 24.3 Å². The average Bonchev–Trinajstić information content (AvgIpc) is 3.14. The molecule has 2 aromatic carbocycles. The van der Waals surface area contributed by atoms with Gasteiger partial charge in [-0.2, -0.15) is 0 Å².